The van der Waals surface area contributed by atoms with E-state index in [1.165, 1.54) is 4.68 Å². The highest BCUT2D eigenvalue weighted by atomic mass is 16.2. The molecule has 2 aromatic rings. The van der Waals surface area contributed by atoms with E-state index in [1.54, 1.807) is 18.5 Å². The smallest absolute Gasteiger partial charge is 0.242 e. The molecule has 1 unspecified atom stereocenters. The molecule has 0 fully saturated rings. The third-order valence-electron chi connectivity index (χ3n) is 2.48. The first kappa shape index (κ1) is 12.1. The quantitative estimate of drug-likeness (QED) is 0.831. The number of nitrogens with two attached hydrogens (primary N) is 1. The molecule has 6 heteroatoms. The van der Waals surface area contributed by atoms with Crippen LogP contribution < -0.4 is 11.1 Å². The van der Waals surface area contributed by atoms with Gasteiger partial charge in [0.15, 0.2) is 0 Å². The van der Waals surface area contributed by atoms with Gasteiger partial charge < -0.3 is 11.1 Å². The van der Waals surface area contributed by atoms with E-state index in [2.05, 4.69) is 15.4 Å². The average Bonchev–Trinajstić information content (AvgIpc) is 2.75. The van der Waals surface area contributed by atoms with Gasteiger partial charge in [-0.05, 0) is 25.1 Å². The lowest BCUT2D eigenvalue weighted by atomic mass is 10.2. The fraction of sp³-hybridized carbons (Fsp3) is 0.250. The van der Waals surface area contributed by atoms with Crippen LogP contribution in [-0.2, 0) is 11.3 Å². The van der Waals surface area contributed by atoms with Crippen LogP contribution in [0.4, 0.5) is 5.82 Å². The third kappa shape index (κ3) is 3.07. The van der Waals surface area contributed by atoms with Crippen LogP contribution in [0.3, 0.4) is 0 Å². The summed E-state index contributed by atoms with van der Waals surface area (Å²) in [6, 6.07) is 7.11. The normalized spacial score (nSPS) is 12.1. The van der Waals surface area contributed by atoms with Gasteiger partial charge in [-0.25, -0.2) is 0 Å². The number of hydrogen-bond donors (Lipinski definition) is 2. The molecule has 94 valence electrons. The molecule has 1 atom stereocenters. The van der Waals surface area contributed by atoms with Gasteiger partial charge in [0.05, 0.1) is 11.7 Å². The van der Waals surface area contributed by atoms with E-state index in [4.69, 9.17) is 5.73 Å². The van der Waals surface area contributed by atoms with Crippen LogP contribution in [-0.4, -0.2) is 20.7 Å². The molecular formula is C12H15N5O. The number of pyridine rings is 1. The summed E-state index contributed by atoms with van der Waals surface area (Å²) in [6.07, 6.45) is 3.37. The molecule has 2 heterocycles. The highest BCUT2D eigenvalue weighted by Gasteiger charge is 2.10. The molecule has 0 aromatic carbocycles. The van der Waals surface area contributed by atoms with Gasteiger partial charge in [0.1, 0.15) is 12.4 Å². The highest BCUT2D eigenvalue weighted by Crippen LogP contribution is 2.07. The summed E-state index contributed by atoms with van der Waals surface area (Å²) in [7, 11) is 0. The Labute approximate surface area is 105 Å². The summed E-state index contributed by atoms with van der Waals surface area (Å²) in [6.45, 7) is 2.03. The van der Waals surface area contributed by atoms with Crippen molar-refractivity contribution in [2.75, 3.05) is 5.73 Å². The van der Waals surface area contributed by atoms with Crippen molar-refractivity contribution in [1.82, 2.24) is 20.1 Å². The molecule has 1 amide bonds. The number of anilines is 1. The first-order valence-electron chi connectivity index (χ1n) is 5.64. The standard InChI is InChI=1S/C12H15N5O/c1-9(10-4-2-3-6-14-10)15-12(18)8-17-7-5-11(13)16-17/h2-7,9H,8H2,1H3,(H2,13,16)(H,15,18). The number of rotatable bonds is 4. The van der Waals surface area contributed by atoms with Crippen molar-refractivity contribution >= 4 is 11.7 Å². The minimum atomic E-state index is -0.133. The lowest BCUT2D eigenvalue weighted by Crippen LogP contribution is -2.30. The molecule has 6 nitrogen and oxygen atoms in total. The zero-order valence-corrected chi connectivity index (χ0v) is 10.1. The third-order valence-corrected chi connectivity index (χ3v) is 2.48. The van der Waals surface area contributed by atoms with Gasteiger partial charge in [0.25, 0.3) is 0 Å². The van der Waals surface area contributed by atoms with Crippen molar-refractivity contribution in [3.8, 4) is 0 Å². The lowest BCUT2D eigenvalue weighted by Gasteiger charge is -2.13. The zero-order valence-electron chi connectivity index (χ0n) is 10.1. The topological polar surface area (TPSA) is 85.8 Å². The Morgan fingerprint density at radius 3 is 2.94 bits per heavy atom. The Morgan fingerprint density at radius 1 is 1.50 bits per heavy atom. The van der Waals surface area contributed by atoms with E-state index in [1.807, 2.05) is 25.1 Å². The number of carbonyl (C=O) groups is 1. The van der Waals surface area contributed by atoms with Crippen LogP contribution in [0, 0.1) is 0 Å². The van der Waals surface area contributed by atoms with Crippen molar-refractivity contribution in [2.45, 2.75) is 19.5 Å². The Kier molecular flexibility index (Phi) is 3.57. The van der Waals surface area contributed by atoms with Gasteiger partial charge in [-0.1, -0.05) is 6.07 Å². The summed E-state index contributed by atoms with van der Waals surface area (Å²) >= 11 is 0. The van der Waals surface area contributed by atoms with Crippen molar-refractivity contribution in [3.05, 3.63) is 42.4 Å². The predicted molar refractivity (Wildman–Crippen MR) is 67.4 cm³/mol. The van der Waals surface area contributed by atoms with Gasteiger partial charge in [-0.15, -0.1) is 0 Å². The summed E-state index contributed by atoms with van der Waals surface area (Å²) in [4.78, 5) is 16.0. The van der Waals surface area contributed by atoms with E-state index < -0.39 is 0 Å². The predicted octanol–water partition coefficient (Wildman–Crippen LogP) is 0.738. The molecule has 0 saturated carbocycles. The molecule has 0 aliphatic carbocycles. The number of carbonyl (C=O) groups excluding carboxylic acids is 1. The maximum Gasteiger partial charge on any atom is 0.242 e. The SMILES string of the molecule is CC(NC(=O)Cn1ccc(N)n1)c1ccccn1. The van der Waals surface area contributed by atoms with Crippen molar-refractivity contribution < 1.29 is 4.79 Å². The van der Waals surface area contributed by atoms with Crippen molar-refractivity contribution in [1.29, 1.82) is 0 Å². The number of nitrogen functional groups attached to an aromatic ring is 1. The maximum atomic E-state index is 11.8. The molecule has 2 aromatic heterocycles. The maximum absolute atomic E-state index is 11.8. The molecule has 0 bridgehead atoms. The van der Waals surface area contributed by atoms with E-state index in [0.29, 0.717) is 5.82 Å². The van der Waals surface area contributed by atoms with Gasteiger partial charge in [-0.3, -0.25) is 14.5 Å². The molecule has 0 saturated heterocycles. The summed E-state index contributed by atoms with van der Waals surface area (Å²) < 4.78 is 1.50. The molecule has 0 radical (unpaired) electrons. The molecule has 0 spiro atoms. The van der Waals surface area contributed by atoms with E-state index in [0.717, 1.165) is 5.69 Å². The number of nitrogens with zero attached hydrogens (tertiary/aromatic N) is 3. The minimum Gasteiger partial charge on any atom is -0.382 e. The number of hydrogen-bond acceptors (Lipinski definition) is 4. The minimum absolute atomic E-state index is 0.128. The molecule has 0 aliphatic heterocycles. The van der Waals surface area contributed by atoms with Crippen LogP contribution in [0.25, 0.3) is 0 Å². The van der Waals surface area contributed by atoms with Gasteiger partial charge in [0.2, 0.25) is 5.91 Å². The van der Waals surface area contributed by atoms with Crippen molar-refractivity contribution in [3.63, 3.8) is 0 Å². The second-order valence-corrected chi connectivity index (χ2v) is 3.98. The van der Waals surface area contributed by atoms with E-state index in [9.17, 15) is 4.79 Å². The lowest BCUT2D eigenvalue weighted by molar-refractivity contribution is -0.122. The molecule has 18 heavy (non-hydrogen) atoms. The van der Waals surface area contributed by atoms with Crippen LogP contribution >= 0.6 is 0 Å². The summed E-state index contributed by atoms with van der Waals surface area (Å²) in [5.41, 5.74) is 6.30. The van der Waals surface area contributed by atoms with E-state index >= 15 is 0 Å². The molecule has 3 N–H and O–H groups in total. The summed E-state index contributed by atoms with van der Waals surface area (Å²) in [5, 5.41) is 6.80. The van der Waals surface area contributed by atoms with Gasteiger partial charge >= 0.3 is 0 Å². The van der Waals surface area contributed by atoms with Crippen LogP contribution in [0.15, 0.2) is 36.7 Å². The molecule has 0 aliphatic rings. The first-order chi connectivity index (χ1) is 8.65. The monoisotopic (exact) mass is 245 g/mol. The van der Waals surface area contributed by atoms with Crippen LogP contribution in [0.1, 0.15) is 18.7 Å². The summed E-state index contributed by atoms with van der Waals surface area (Å²) in [5.74, 6) is 0.275. The number of nitrogens with one attached hydrogen (secondary N) is 1. The van der Waals surface area contributed by atoms with Gasteiger partial charge in [-0.2, -0.15) is 5.10 Å². The number of amides is 1. The second-order valence-electron chi connectivity index (χ2n) is 3.98. The Balaban J connectivity index is 1.92. The highest BCUT2D eigenvalue weighted by molar-refractivity contribution is 5.76. The molecule has 2 rings (SSSR count). The average molecular weight is 245 g/mol. The van der Waals surface area contributed by atoms with Crippen LogP contribution in [0.2, 0.25) is 0 Å². The van der Waals surface area contributed by atoms with Crippen molar-refractivity contribution in [2.24, 2.45) is 0 Å². The fourth-order valence-electron chi connectivity index (χ4n) is 1.61. The first-order valence-corrected chi connectivity index (χ1v) is 5.64. The molecular weight excluding hydrogens is 230 g/mol. The Hall–Kier alpha value is -2.37. The second kappa shape index (κ2) is 5.31. The Bertz CT molecular complexity index is 522. The largest absolute Gasteiger partial charge is 0.382 e. The Morgan fingerprint density at radius 2 is 2.33 bits per heavy atom. The number of aromatic nitrogens is 3. The van der Waals surface area contributed by atoms with Gasteiger partial charge in [0, 0.05) is 12.4 Å². The fourth-order valence-corrected chi connectivity index (χ4v) is 1.61. The van der Waals surface area contributed by atoms with E-state index in [-0.39, 0.29) is 18.5 Å². The van der Waals surface area contributed by atoms with Crippen LogP contribution in [0.5, 0.6) is 0 Å². The zero-order chi connectivity index (χ0) is 13.0.